The molecule has 0 aliphatic carbocycles. The highest BCUT2D eigenvalue weighted by Gasteiger charge is 2.21. The molecule has 2 heterocycles. The van der Waals surface area contributed by atoms with Crippen LogP contribution in [0.2, 0.25) is 0 Å². The molecule has 7 heteroatoms. The minimum atomic E-state index is 0.546. The van der Waals surface area contributed by atoms with Gasteiger partial charge in [0.2, 0.25) is 0 Å². The highest BCUT2D eigenvalue weighted by molar-refractivity contribution is 5.80. The lowest BCUT2D eigenvalue weighted by Gasteiger charge is -2.37. The van der Waals surface area contributed by atoms with Gasteiger partial charge in [-0.1, -0.05) is 24.3 Å². The van der Waals surface area contributed by atoms with Crippen molar-refractivity contribution in [2.24, 2.45) is 0 Å². The van der Waals surface area contributed by atoms with E-state index in [2.05, 4.69) is 49.4 Å². The molecular formula is C22H26N6O. The Labute approximate surface area is 171 Å². The van der Waals surface area contributed by atoms with Crippen molar-refractivity contribution >= 4 is 28.7 Å². The molecule has 1 saturated heterocycles. The van der Waals surface area contributed by atoms with Gasteiger partial charge < -0.3 is 25.6 Å². The van der Waals surface area contributed by atoms with Gasteiger partial charge in [-0.2, -0.15) is 0 Å². The van der Waals surface area contributed by atoms with Crippen molar-refractivity contribution in [3.63, 3.8) is 0 Å². The quantitative estimate of drug-likeness (QED) is 0.691. The van der Waals surface area contributed by atoms with Crippen LogP contribution < -0.4 is 25.6 Å². The molecule has 4 rings (SSSR count). The number of rotatable bonds is 5. The van der Waals surface area contributed by atoms with E-state index in [0.717, 1.165) is 49.0 Å². The number of methoxy groups -OCH3 is 1. The van der Waals surface area contributed by atoms with Gasteiger partial charge in [-0.15, -0.1) is 0 Å². The summed E-state index contributed by atoms with van der Waals surface area (Å²) in [6.07, 6.45) is 1.56. The first-order valence-corrected chi connectivity index (χ1v) is 9.73. The third-order valence-corrected chi connectivity index (χ3v) is 5.17. The largest absolute Gasteiger partial charge is 0.495 e. The summed E-state index contributed by atoms with van der Waals surface area (Å²) < 4.78 is 5.45. The SMILES string of the molecule is COc1ccc(C)cc1Nc1ncnc(N2CCN(c3ccccc3)CC2)c1N. The lowest BCUT2D eigenvalue weighted by atomic mass is 10.2. The second-order valence-corrected chi connectivity index (χ2v) is 7.10. The Morgan fingerprint density at radius 1 is 0.966 bits per heavy atom. The van der Waals surface area contributed by atoms with Crippen molar-refractivity contribution in [3.8, 4) is 5.75 Å². The molecule has 0 saturated carbocycles. The van der Waals surface area contributed by atoms with Gasteiger partial charge in [0.15, 0.2) is 11.6 Å². The standard InChI is InChI=1S/C22H26N6O/c1-16-8-9-19(29-2)18(14-16)26-21-20(23)22(25-15-24-21)28-12-10-27(11-13-28)17-6-4-3-5-7-17/h3-9,14-15H,10-13,23H2,1-2H3,(H,24,25,26). The Kier molecular flexibility index (Phi) is 5.37. The van der Waals surface area contributed by atoms with E-state index in [-0.39, 0.29) is 0 Å². The van der Waals surface area contributed by atoms with E-state index in [0.29, 0.717) is 11.5 Å². The maximum absolute atomic E-state index is 6.45. The highest BCUT2D eigenvalue weighted by atomic mass is 16.5. The van der Waals surface area contributed by atoms with Crippen molar-refractivity contribution in [2.75, 3.05) is 54.1 Å². The fourth-order valence-corrected chi connectivity index (χ4v) is 3.60. The van der Waals surface area contributed by atoms with Gasteiger partial charge in [-0.05, 0) is 36.8 Å². The average Bonchev–Trinajstić information content (AvgIpc) is 2.76. The van der Waals surface area contributed by atoms with Crippen LogP contribution in [-0.4, -0.2) is 43.3 Å². The van der Waals surface area contributed by atoms with Crippen LogP contribution in [0.3, 0.4) is 0 Å². The predicted octanol–water partition coefficient (Wildman–Crippen LogP) is 3.45. The molecule has 3 aromatic rings. The zero-order valence-electron chi connectivity index (χ0n) is 16.8. The van der Waals surface area contributed by atoms with E-state index in [1.54, 1.807) is 13.4 Å². The number of aromatic nitrogens is 2. The molecule has 0 unspecified atom stereocenters. The molecule has 0 bridgehead atoms. The second kappa shape index (κ2) is 8.26. The average molecular weight is 390 g/mol. The van der Waals surface area contributed by atoms with E-state index in [1.165, 1.54) is 5.69 Å². The normalized spacial score (nSPS) is 14.0. The lowest BCUT2D eigenvalue weighted by molar-refractivity contribution is 0.416. The summed E-state index contributed by atoms with van der Waals surface area (Å²) in [5.41, 5.74) is 10.2. The summed E-state index contributed by atoms with van der Waals surface area (Å²) in [6.45, 7) is 5.57. The van der Waals surface area contributed by atoms with Crippen LogP contribution in [0, 0.1) is 6.92 Å². The summed E-state index contributed by atoms with van der Waals surface area (Å²) in [5, 5.41) is 3.31. The summed E-state index contributed by atoms with van der Waals surface area (Å²) in [7, 11) is 1.65. The van der Waals surface area contributed by atoms with Crippen molar-refractivity contribution in [3.05, 3.63) is 60.4 Å². The molecule has 0 amide bonds. The van der Waals surface area contributed by atoms with Crippen LogP contribution in [0.25, 0.3) is 0 Å². The summed E-state index contributed by atoms with van der Waals surface area (Å²) >= 11 is 0. The predicted molar refractivity (Wildman–Crippen MR) is 118 cm³/mol. The molecule has 0 atom stereocenters. The van der Waals surface area contributed by atoms with Crippen LogP contribution in [0.15, 0.2) is 54.9 Å². The number of aryl methyl sites for hydroxylation is 1. The number of para-hydroxylation sites is 1. The molecule has 29 heavy (non-hydrogen) atoms. The number of benzene rings is 2. The van der Waals surface area contributed by atoms with Gasteiger partial charge in [0, 0.05) is 31.9 Å². The van der Waals surface area contributed by atoms with Crippen LogP contribution in [0.5, 0.6) is 5.75 Å². The number of nitrogen functional groups attached to an aromatic ring is 1. The Morgan fingerprint density at radius 2 is 1.69 bits per heavy atom. The fourth-order valence-electron chi connectivity index (χ4n) is 3.60. The number of piperazine rings is 1. The minimum absolute atomic E-state index is 0.546. The first-order chi connectivity index (χ1) is 14.2. The van der Waals surface area contributed by atoms with Gasteiger partial charge >= 0.3 is 0 Å². The number of hydrogen-bond acceptors (Lipinski definition) is 7. The Balaban J connectivity index is 1.51. The number of nitrogens with zero attached hydrogens (tertiary/aromatic N) is 4. The van der Waals surface area contributed by atoms with Crippen molar-refractivity contribution in [1.82, 2.24) is 9.97 Å². The smallest absolute Gasteiger partial charge is 0.159 e. The maximum atomic E-state index is 6.45. The second-order valence-electron chi connectivity index (χ2n) is 7.10. The fraction of sp³-hybridized carbons (Fsp3) is 0.273. The summed E-state index contributed by atoms with van der Waals surface area (Å²) in [5.74, 6) is 2.10. The Morgan fingerprint density at radius 3 is 2.41 bits per heavy atom. The molecule has 1 fully saturated rings. The van der Waals surface area contributed by atoms with E-state index < -0.39 is 0 Å². The zero-order chi connectivity index (χ0) is 20.2. The van der Waals surface area contributed by atoms with Gasteiger partial charge in [-0.3, -0.25) is 0 Å². The number of hydrogen-bond donors (Lipinski definition) is 2. The van der Waals surface area contributed by atoms with Crippen LogP contribution in [-0.2, 0) is 0 Å². The number of nitrogens with two attached hydrogens (primary N) is 1. The van der Waals surface area contributed by atoms with Crippen molar-refractivity contribution in [1.29, 1.82) is 0 Å². The van der Waals surface area contributed by atoms with Gasteiger partial charge in [0.05, 0.1) is 12.8 Å². The van der Waals surface area contributed by atoms with Crippen LogP contribution in [0.4, 0.5) is 28.7 Å². The minimum Gasteiger partial charge on any atom is -0.495 e. The Bertz CT molecular complexity index is 970. The molecule has 1 aromatic heterocycles. The van der Waals surface area contributed by atoms with Crippen molar-refractivity contribution in [2.45, 2.75) is 6.92 Å². The molecule has 150 valence electrons. The molecule has 7 nitrogen and oxygen atoms in total. The van der Waals surface area contributed by atoms with E-state index >= 15 is 0 Å². The molecule has 0 spiro atoms. The van der Waals surface area contributed by atoms with Crippen LogP contribution in [0.1, 0.15) is 5.56 Å². The molecule has 1 aliphatic heterocycles. The highest BCUT2D eigenvalue weighted by Crippen LogP contribution is 2.33. The maximum Gasteiger partial charge on any atom is 0.159 e. The van der Waals surface area contributed by atoms with Crippen LogP contribution >= 0.6 is 0 Å². The topological polar surface area (TPSA) is 79.5 Å². The third kappa shape index (κ3) is 4.03. The molecule has 0 radical (unpaired) electrons. The monoisotopic (exact) mass is 390 g/mol. The summed E-state index contributed by atoms with van der Waals surface area (Å²) in [6, 6.07) is 16.4. The molecule has 2 aromatic carbocycles. The van der Waals surface area contributed by atoms with E-state index in [4.69, 9.17) is 10.5 Å². The van der Waals surface area contributed by atoms with Crippen molar-refractivity contribution < 1.29 is 4.74 Å². The number of anilines is 5. The molecule has 1 aliphatic rings. The first kappa shape index (κ1) is 18.9. The molecular weight excluding hydrogens is 364 g/mol. The zero-order valence-corrected chi connectivity index (χ0v) is 16.8. The van der Waals surface area contributed by atoms with E-state index in [1.807, 2.05) is 31.2 Å². The third-order valence-electron chi connectivity index (χ3n) is 5.17. The van der Waals surface area contributed by atoms with Gasteiger partial charge in [0.1, 0.15) is 17.8 Å². The van der Waals surface area contributed by atoms with Gasteiger partial charge in [0.25, 0.3) is 0 Å². The Hall–Kier alpha value is -3.48. The first-order valence-electron chi connectivity index (χ1n) is 9.73. The van der Waals surface area contributed by atoms with E-state index in [9.17, 15) is 0 Å². The summed E-state index contributed by atoms with van der Waals surface area (Å²) in [4.78, 5) is 13.4. The number of ether oxygens (including phenoxy) is 1. The molecule has 3 N–H and O–H groups in total. The number of nitrogens with one attached hydrogen (secondary N) is 1. The van der Waals surface area contributed by atoms with Gasteiger partial charge in [-0.25, -0.2) is 9.97 Å². The lowest BCUT2D eigenvalue weighted by Crippen LogP contribution is -2.47.